The zero-order chi connectivity index (χ0) is 20.3. The molecule has 1 aliphatic rings. The Labute approximate surface area is 166 Å². The molecule has 5 nitrogen and oxygen atoms in total. The first-order chi connectivity index (χ1) is 13.3. The molecule has 5 heteroatoms. The van der Waals surface area contributed by atoms with Gasteiger partial charge in [0.2, 0.25) is 0 Å². The number of benzene rings is 2. The van der Waals surface area contributed by atoms with E-state index in [0.717, 1.165) is 16.8 Å². The van der Waals surface area contributed by atoms with E-state index in [-0.39, 0.29) is 30.8 Å². The Hall–Kier alpha value is -2.66. The van der Waals surface area contributed by atoms with Crippen molar-refractivity contribution >= 4 is 17.6 Å². The van der Waals surface area contributed by atoms with Gasteiger partial charge in [-0.3, -0.25) is 14.4 Å². The molecule has 1 amide bonds. The summed E-state index contributed by atoms with van der Waals surface area (Å²) in [6, 6.07) is 17.4. The van der Waals surface area contributed by atoms with Crippen LogP contribution in [-0.4, -0.2) is 17.5 Å². The van der Waals surface area contributed by atoms with Crippen molar-refractivity contribution in [1.82, 2.24) is 0 Å². The van der Waals surface area contributed by atoms with Crippen LogP contribution in [-0.2, 0) is 25.8 Å². The molecule has 0 saturated heterocycles. The van der Waals surface area contributed by atoms with Gasteiger partial charge in [-0.1, -0.05) is 55.5 Å². The molecule has 0 N–H and O–H groups in total. The van der Waals surface area contributed by atoms with Gasteiger partial charge < -0.3 is 4.74 Å². The number of anilines is 1. The standard InChI is InChI=1S/C23H27NO4/c1-16-18-12-8-9-13-20(18)24(27-15-17-10-6-5-7-11-17)22(26)19(16)14-21(25)28-23(2,3)4/h5-13,16,19H,14-15H2,1-4H3/t16-,19-/m0/s1. The number of carbonyl (C=O) groups excluding carboxylic acids is 2. The van der Waals surface area contributed by atoms with E-state index in [1.165, 1.54) is 5.06 Å². The Bertz CT molecular complexity index is 841. The number of nitrogens with zero attached hydrogens (tertiary/aromatic N) is 1. The van der Waals surface area contributed by atoms with Gasteiger partial charge in [-0.25, -0.2) is 0 Å². The van der Waals surface area contributed by atoms with Gasteiger partial charge in [-0.2, -0.15) is 5.06 Å². The zero-order valence-electron chi connectivity index (χ0n) is 16.8. The van der Waals surface area contributed by atoms with Crippen LogP contribution >= 0.6 is 0 Å². The molecular weight excluding hydrogens is 354 g/mol. The van der Waals surface area contributed by atoms with Crippen molar-refractivity contribution in [3.8, 4) is 0 Å². The van der Waals surface area contributed by atoms with E-state index >= 15 is 0 Å². The van der Waals surface area contributed by atoms with Crippen LogP contribution in [0.1, 0.15) is 51.2 Å². The van der Waals surface area contributed by atoms with Crippen LogP contribution in [0, 0.1) is 5.92 Å². The minimum absolute atomic E-state index is 0.0246. The highest BCUT2D eigenvalue weighted by Gasteiger charge is 2.40. The van der Waals surface area contributed by atoms with Crippen LogP contribution in [0.5, 0.6) is 0 Å². The highest BCUT2D eigenvalue weighted by Crippen LogP contribution is 2.41. The third kappa shape index (κ3) is 4.60. The molecule has 1 aliphatic heterocycles. The van der Waals surface area contributed by atoms with Gasteiger partial charge in [-0.15, -0.1) is 0 Å². The first-order valence-corrected chi connectivity index (χ1v) is 9.58. The normalized spacial score (nSPS) is 19.3. The topological polar surface area (TPSA) is 55.8 Å². The number of hydroxylamine groups is 1. The summed E-state index contributed by atoms with van der Waals surface area (Å²) in [6.45, 7) is 7.71. The molecule has 2 aromatic carbocycles. The van der Waals surface area contributed by atoms with Crippen molar-refractivity contribution in [2.24, 2.45) is 5.92 Å². The number of para-hydroxylation sites is 1. The van der Waals surface area contributed by atoms with E-state index in [0.29, 0.717) is 0 Å². The predicted molar refractivity (Wildman–Crippen MR) is 108 cm³/mol. The van der Waals surface area contributed by atoms with E-state index in [9.17, 15) is 9.59 Å². The van der Waals surface area contributed by atoms with Crippen molar-refractivity contribution in [2.75, 3.05) is 5.06 Å². The second kappa shape index (κ2) is 8.15. The minimum Gasteiger partial charge on any atom is -0.460 e. The number of ether oxygens (including phenoxy) is 1. The van der Waals surface area contributed by atoms with Crippen molar-refractivity contribution in [3.05, 3.63) is 65.7 Å². The minimum atomic E-state index is -0.584. The van der Waals surface area contributed by atoms with Crippen molar-refractivity contribution in [1.29, 1.82) is 0 Å². The lowest BCUT2D eigenvalue weighted by atomic mass is 9.81. The van der Waals surface area contributed by atoms with E-state index < -0.39 is 11.5 Å². The smallest absolute Gasteiger partial charge is 0.307 e. The Balaban J connectivity index is 1.83. The van der Waals surface area contributed by atoms with Crippen molar-refractivity contribution in [3.63, 3.8) is 0 Å². The molecule has 0 radical (unpaired) electrons. The highest BCUT2D eigenvalue weighted by molar-refractivity contribution is 5.98. The molecule has 148 valence electrons. The lowest BCUT2D eigenvalue weighted by molar-refractivity contribution is -0.158. The molecular formula is C23H27NO4. The van der Waals surface area contributed by atoms with Crippen LogP contribution in [0.4, 0.5) is 5.69 Å². The van der Waals surface area contributed by atoms with Gasteiger partial charge in [0.05, 0.1) is 18.0 Å². The lowest BCUT2D eigenvalue weighted by Crippen LogP contribution is -2.44. The van der Waals surface area contributed by atoms with Gasteiger partial charge in [0.1, 0.15) is 12.2 Å². The Morgan fingerprint density at radius 1 is 1.04 bits per heavy atom. The number of fused-ring (bicyclic) bond motifs is 1. The summed E-state index contributed by atoms with van der Waals surface area (Å²) < 4.78 is 5.44. The summed E-state index contributed by atoms with van der Waals surface area (Å²) in [5.74, 6) is -1.22. The SMILES string of the molecule is C[C@H]1c2ccccc2N(OCc2ccccc2)C(=O)[C@H]1CC(=O)OC(C)(C)C. The maximum Gasteiger partial charge on any atom is 0.307 e. The van der Waals surface area contributed by atoms with Gasteiger partial charge in [0, 0.05) is 0 Å². The Morgan fingerprint density at radius 3 is 2.36 bits per heavy atom. The summed E-state index contributed by atoms with van der Waals surface area (Å²) in [5, 5.41) is 1.34. The molecule has 0 aromatic heterocycles. The number of amides is 1. The first-order valence-electron chi connectivity index (χ1n) is 9.58. The molecule has 1 heterocycles. The number of esters is 1. The molecule has 3 rings (SSSR count). The van der Waals surface area contributed by atoms with E-state index in [1.54, 1.807) is 0 Å². The highest BCUT2D eigenvalue weighted by atomic mass is 16.7. The monoisotopic (exact) mass is 381 g/mol. The number of rotatable bonds is 5. The predicted octanol–water partition coefficient (Wildman–Crippen LogP) is 4.62. The second-order valence-corrected chi connectivity index (χ2v) is 8.14. The third-order valence-corrected chi connectivity index (χ3v) is 4.78. The van der Waals surface area contributed by atoms with Crippen LogP contribution in [0.15, 0.2) is 54.6 Å². The molecule has 0 unspecified atom stereocenters. The quantitative estimate of drug-likeness (QED) is 0.710. The maximum absolute atomic E-state index is 13.2. The summed E-state index contributed by atoms with van der Waals surface area (Å²) in [6.07, 6.45) is 0.0246. The van der Waals surface area contributed by atoms with Crippen LogP contribution < -0.4 is 5.06 Å². The molecule has 0 saturated carbocycles. The Kier molecular flexibility index (Phi) is 5.84. The van der Waals surface area contributed by atoms with E-state index in [2.05, 4.69) is 0 Å². The fourth-order valence-corrected chi connectivity index (χ4v) is 3.43. The fourth-order valence-electron chi connectivity index (χ4n) is 3.43. The summed E-state index contributed by atoms with van der Waals surface area (Å²) in [5.41, 5.74) is 2.11. The van der Waals surface area contributed by atoms with Crippen molar-refractivity contribution in [2.45, 2.75) is 52.2 Å². The van der Waals surface area contributed by atoms with Gasteiger partial charge in [0.25, 0.3) is 5.91 Å². The second-order valence-electron chi connectivity index (χ2n) is 8.14. The maximum atomic E-state index is 13.2. The molecule has 28 heavy (non-hydrogen) atoms. The Morgan fingerprint density at radius 2 is 1.68 bits per heavy atom. The molecule has 0 aliphatic carbocycles. The molecule has 0 spiro atoms. The average Bonchev–Trinajstić information content (AvgIpc) is 2.64. The largest absolute Gasteiger partial charge is 0.460 e. The molecule has 2 aromatic rings. The molecule has 0 fully saturated rings. The van der Waals surface area contributed by atoms with Crippen LogP contribution in [0.3, 0.4) is 0 Å². The number of hydrogen-bond donors (Lipinski definition) is 0. The number of carbonyl (C=O) groups is 2. The summed E-state index contributed by atoms with van der Waals surface area (Å²) in [4.78, 5) is 31.5. The van der Waals surface area contributed by atoms with Gasteiger partial charge in [0.15, 0.2) is 0 Å². The van der Waals surface area contributed by atoms with E-state index in [1.807, 2.05) is 82.3 Å². The summed E-state index contributed by atoms with van der Waals surface area (Å²) >= 11 is 0. The first kappa shape index (κ1) is 20.1. The van der Waals surface area contributed by atoms with Crippen LogP contribution in [0.2, 0.25) is 0 Å². The third-order valence-electron chi connectivity index (χ3n) is 4.78. The van der Waals surface area contributed by atoms with Gasteiger partial charge >= 0.3 is 5.97 Å². The van der Waals surface area contributed by atoms with Crippen molar-refractivity contribution < 1.29 is 19.2 Å². The van der Waals surface area contributed by atoms with Gasteiger partial charge in [-0.05, 0) is 43.9 Å². The van der Waals surface area contributed by atoms with Crippen LogP contribution in [0.25, 0.3) is 0 Å². The lowest BCUT2D eigenvalue weighted by Gasteiger charge is -2.37. The summed E-state index contributed by atoms with van der Waals surface area (Å²) in [7, 11) is 0. The zero-order valence-corrected chi connectivity index (χ0v) is 16.8. The number of hydrogen-bond acceptors (Lipinski definition) is 4. The van der Waals surface area contributed by atoms with E-state index in [4.69, 9.17) is 9.57 Å². The molecule has 2 atom stereocenters. The molecule has 0 bridgehead atoms. The average molecular weight is 381 g/mol. The fraction of sp³-hybridized carbons (Fsp3) is 0.391.